The molecule has 0 N–H and O–H groups in total. The van der Waals surface area contributed by atoms with E-state index in [2.05, 4.69) is 22.2 Å². The molecule has 26 heavy (non-hydrogen) atoms. The van der Waals surface area contributed by atoms with Gasteiger partial charge in [-0.15, -0.1) is 10.2 Å². The molecule has 0 amide bonds. The van der Waals surface area contributed by atoms with Crippen LogP contribution in [0.3, 0.4) is 0 Å². The summed E-state index contributed by atoms with van der Waals surface area (Å²) in [6.45, 7) is 2.76. The van der Waals surface area contributed by atoms with Gasteiger partial charge in [0.2, 0.25) is 5.16 Å². The summed E-state index contributed by atoms with van der Waals surface area (Å²) >= 11 is 7.74. The van der Waals surface area contributed by atoms with Crippen LogP contribution in [0.2, 0.25) is 5.02 Å². The number of nitrogens with zero attached hydrogens (tertiary/aromatic N) is 4. The molecule has 7 heteroatoms. The van der Waals surface area contributed by atoms with Crippen LogP contribution in [0.1, 0.15) is 24.5 Å². The third kappa shape index (κ3) is 4.86. The second-order valence-corrected chi connectivity index (χ2v) is 6.82. The maximum atomic E-state index is 6.20. The molecule has 0 spiro atoms. The Morgan fingerprint density at radius 2 is 2.00 bits per heavy atom. The lowest BCUT2D eigenvalue weighted by Crippen LogP contribution is -1.99. The zero-order valence-corrected chi connectivity index (χ0v) is 16.0. The molecule has 1 heterocycles. The first kappa shape index (κ1) is 18.5. The standard InChI is InChI=1S/C19H19ClN4OS/c1-2-11-25-18-10-6-4-7-15(18)12-22-24-14-21-23-19(24)26-13-16-8-3-5-9-17(16)20/h3-10,12,14H,2,11,13H2,1H3/b22-12-. The van der Waals surface area contributed by atoms with E-state index in [1.165, 1.54) is 11.8 Å². The first-order valence-corrected chi connectivity index (χ1v) is 9.66. The van der Waals surface area contributed by atoms with Crippen LogP contribution >= 0.6 is 23.4 Å². The van der Waals surface area contributed by atoms with Gasteiger partial charge >= 0.3 is 0 Å². The van der Waals surface area contributed by atoms with Crippen molar-refractivity contribution in [2.24, 2.45) is 5.10 Å². The summed E-state index contributed by atoms with van der Waals surface area (Å²) in [5, 5.41) is 14.0. The molecule has 0 atom stereocenters. The van der Waals surface area contributed by atoms with Gasteiger partial charge in [0.15, 0.2) is 0 Å². The maximum absolute atomic E-state index is 6.20. The lowest BCUT2D eigenvalue weighted by molar-refractivity contribution is 0.317. The minimum atomic E-state index is 0.677. The molecule has 1 aromatic heterocycles. The quantitative estimate of drug-likeness (QED) is 0.408. The average molecular weight is 387 g/mol. The van der Waals surface area contributed by atoms with Crippen molar-refractivity contribution in [3.05, 3.63) is 71.0 Å². The molecule has 0 radical (unpaired) electrons. The smallest absolute Gasteiger partial charge is 0.212 e. The number of thioether (sulfide) groups is 1. The first-order chi connectivity index (χ1) is 12.8. The van der Waals surface area contributed by atoms with E-state index in [-0.39, 0.29) is 0 Å². The second kappa shape index (κ2) is 9.40. The topological polar surface area (TPSA) is 52.3 Å². The van der Waals surface area contributed by atoms with E-state index in [9.17, 15) is 0 Å². The van der Waals surface area contributed by atoms with E-state index in [0.29, 0.717) is 17.5 Å². The lowest BCUT2D eigenvalue weighted by atomic mass is 10.2. The molecule has 0 unspecified atom stereocenters. The number of hydrogen-bond acceptors (Lipinski definition) is 5. The molecule has 0 saturated carbocycles. The molecular formula is C19H19ClN4OS. The molecule has 0 bridgehead atoms. The number of ether oxygens (including phenoxy) is 1. The van der Waals surface area contributed by atoms with Crippen molar-refractivity contribution in [2.75, 3.05) is 6.61 Å². The van der Waals surface area contributed by atoms with Crippen LogP contribution in [0, 0.1) is 0 Å². The van der Waals surface area contributed by atoms with Crippen molar-refractivity contribution in [3.63, 3.8) is 0 Å². The fourth-order valence-corrected chi connectivity index (χ4v) is 3.36. The Morgan fingerprint density at radius 3 is 2.85 bits per heavy atom. The summed E-state index contributed by atoms with van der Waals surface area (Å²) in [5.41, 5.74) is 1.97. The van der Waals surface area contributed by atoms with Gasteiger partial charge in [0.1, 0.15) is 12.1 Å². The molecule has 0 aliphatic carbocycles. The Bertz CT molecular complexity index is 881. The van der Waals surface area contributed by atoms with Gasteiger partial charge in [-0.05, 0) is 30.2 Å². The fourth-order valence-electron chi connectivity index (χ4n) is 2.21. The Kier molecular flexibility index (Phi) is 6.68. The zero-order chi connectivity index (χ0) is 18.2. The number of halogens is 1. The molecule has 3 rings (SSSR count). The third-order valence-corrected chi connectivity index (χ3v) is 4.87. The summed E-state index contributed by atoms with van der Waals surface area (Å²) in [7, 11) is 0. The van der Waals surface area contributed by atoms with Crippen LogP contribution in [0.25, 0.3) is 0 Å². The Hall–Kier alpha value is -2.31. The molecule has 2 aromatic carbocycles. The van der Waals surface area contributed by atoms with Crippen LogP contribution in [0.5, 0.6) is 5.75 Å². The lowest BCUT2D eigenvalue weighted by Gasteiger charge is -2.07. The largest absolute Gasteiger partial charge is 0.493 e. The second-order valence-electron chi connectivity index (χ2n) is 5.47. The van der Waals surface area contributed by atoms with Crippen LogP contribution in [0.15, 0.2) is 65.1 Å². The minimum absolute atomic E-state index is 0.677. The number of benzene rings is 2. The maximum Gasteiger partial charge on any atom is 0.212 e. The van der Waals surface area contributed by atoms with Gasteiger partial charge < -0.3 is 4.74 Å². The van der Waals surface area contributed by atoms with Crippen molar-refractivity contribution < 1.29 is 4.74 Å². The van der Waals surface area contributed by atoms with Crippen LogP contribution < -0.4 is 4.74 Å². The monoisotopic (exact) mass is 386 g/mol. The normalized spacial score (nSPS) is 11.2. The highest BCUT2D eigenvalue weighted by Gasteiger charge is 2.07. The van der Waals surface area contributed by atoms with Crippen LogP contribution in [0.4, 0.5) is 0 Å². The highest BCUT2D eigenvalue weighted by molar-refractivity contribution is 7.98. The predicted molar refractivity (Wildman–Crippen MR) is 106 cm³/mol. The number of aromatic nitrogens is 3. The summed E-state index contributed by atoms with van der Waals surface area (Å²) in [4.78, 5) is 0. The van der Waals surface area contributed by atoms with E-state index in [1.807, 2.05) is 48.5 Å². The first-order valence-electron chi connectivity index (χ1n) is 8.30. The third-order valence-electron chi connectivity index (χ3n) is 3.52. The Balaban J connectivity index is 1.71. The van der Waals surface area contributed by atoms with E-state index < -0.39 is 0 Å². The summed E-state index contributed by atoms with van der Waals surface area (Å²) in [5.74, 6) is 1.51. The van der Waals surface area contributed by atoms with Crippen LogP contribution in [-0.4, -0.2) is 27.7 Å². The number of rotatable bonds is 8. The highest BCUT2D eigenvalue weighted by atomic mass is 35.5. The van der Waals surface area contributed by atoms with Gasteiger partial charge in [0, 0.05) is 16.3 Å². The molecule has 0 aliphatic heterocycles. The van der Waals surface area contributed by atoms with Crippen molar-refractivity contribution in [2.45, 2.75) is 24.3 Å². The fraction of sp³-hybridized carbons (Fsp3) is 0.211. The van der Waals surface area contributed by atoms with E-state index in [0.717, 1.165) is 28.3 Å². The van der Waals surface area contributed by atoms with Crippen molar-refractivity contribution >= 4 is 29.6 Å². The van der Waals surface area contributed by atoms with Crippen molar-refractivity contribution in [3.8, 4) is 5.75 Å². The molecule has 0 aliphatic rings. The number of para-hydroxylation sites is 1. The predicted octanol–water partition coefficient (Wildman–Crippen LogP) is 4.89. The zero-order valence-electron chi connectivity index (χ0n) is 14.4. The van der Waals surface area contributed by atoms with Gasteiger partial charge in [0.25, 0.3) is 0 Å². The molecule has 3 aromatic rings. The molecular weight excluding hydrogens is 368 g/mol. The molecule has 5 nitrogen and oxygen atoms in total. The van der Waals surface area contributed by atoms with Crippen LogP contribution in [-0.2, 0) is 5.75 Å². The Labute approximate surface area is 162 Å². The minimum Gasteiger partial charge on any atom is -0.493 e. The van der Waals surface area contributed by atoms with E-state index in [1.54, 1.807) is 17.2 Å². The van der Waals surface area contributed by atoms with Gasteiger partial charge in [-0.2, -0.15) is 9.78 Å². The Morgan fingerprint density at radius 1 is 1.19 bits per heavy atom. The summed E-state index contributed by atoms with van der Waals surface area (Å²) in [6, 6.07) is 15.6. The van der Waals surface area contributed by atoms with Gasteiger partial charge in [-0.1, -0.05) is 60.6 Å². The van der Waals surface area contributed by atoms with Gasteiger partial charge in [-0.3, -0.25) is 0 Å². The summed E-state index contributed by atoms with van der Waals surface area (Å²) in [6.07, 6.45) is 4.30. The summed E-state index contributed by atoms with van der Waals surface area (Å²) < 4.78 is 7.40. The molecule has 134 valence electrons. The average Bonchev–Trinajstić information content (AvgIpc) is 3.12. The number of hydrogen-bond donors (Lipinski definition) is 0. The molecule has 0 saturated heterocycles. The molecule has 0 fully saturated rings. The van der Waals surface area contributed by atoms with Gasteiger partial charge in [-0.25, -0.2) is 0 Å². The van der Waals surface area contributed by atoms with Gasteiger partial charge in [0.05, 0.1) is 12.8 Å². The SMILES string of the molecule is CCCOc1ccccc1/C=N\n1cnnc1SCc1ccccc1Cl. The highest BCUT2D eigenvalue weighted by Crippen LogP contribution is 2.25. The van der Waals surface area contributed by atoms with Crippen molar-refractivity contribution in [1.29, 1.82) is 0 Å². The van der Waals surface area contributed by atoms with Crippen molar-refractivity contribution in [1.82, 2.24) is 14.9 Å². The van der Waals surface area contributed by atoms with E-state index >= 15 is 0 Å². The van der Waals surface area contributed by atoms with E-state index in [4.69, 9.17) is 16.3 Å².